The predicted octanol–water partition coefficient (Wildman–Crippen LogP) is 4.22. The molecular weight excluding hydrogens is 517 g/mol. The molecule has 0 bridgehead atoms. The molecule has 39 heavy (non-hydrogen) atoms. The van der Waals surface area contributed by atoms with E-state index in [1.165, 1.54) is 17.4 Å². The molecule has 3 aromatic rings. The van der Waals surface area contributed by atoms with Crippen molar-refractivity contribution in [1.82, 2.24) is 14.8 Å². The third kappa shape index (κ3) is 7.63. The van der Waals surface area contributed by atoms with Crippen molar-refractivity contribution in [1.29, 1.82) is 0 Å². The van der Waals surface area contributed by atoms with Crippen LogP contribution in [0, 0.1) is 18.7 Å². The summed E-state index contributed by atoms with van der Waals surface area (Å²) in [5.41, 5.74) is 2.73. The molecule has 1 fully saturated rings. The number of nitrogens with one attached hydrogen (secondary N) is 1. The molecule has 0 aliphatic carbocycles. The second-order valence-electron chi connectivity index (χ2n) is 10.1. The second-order valence-corrected chi connectivity index (χ2v) is 11.0. The van der Waals surface area contributed by atoms with Gasteiger partial charge in [0, 0.05) is 43.7 Å². The molecule has 1 saturated heterocycles. The van der Waals surface area contributed by atoms with Crippen LogP contribution in [0.2, 0.25) is 0 Å². The number of hydrogen-bond donors (Lipinski definition) is 1. The Hall–Kier alpha value is -3.79. The van der Waals surface area contributed by atoms with Gasteiger partial charge < -0.3 is 20.0 Å². The van der Waals surface area contributed by atoms with Crippen LogP contribution in [0.15, 0.2) is 53.9 Å². The van der Waals surface area contributed by atoms with Crippen molar-refractivity contribution >= 4 is 39.9 Å². The Morgan fingerprint density at radius 3 is 2.41 bits per heavy atom. The number of para-hydroxylation sites is 1. The van der Waals surface area contributed by atoms with Gasteiger partial charge in [0.1, 0.15) is 12.4 Å². The summed E-state index contributed by atoms with van der Waals surface area (Å²) in [6.07, 6.45) is 0.122. The van der Waals surface area contributed by atoms with Gasteiger partial charge in [0.25, 0.3) is 5.91 Å². The number of carbonyl (C=O) groups is 3. The van der Waals surface area contributed by atoms with E-state index in [1.54, 1.807) is 45.5 Å². The molecule has 3 amide bonds. The number of piperazine rings is 1. The van der Waals surface area contributed by atoms with Crippen LogP contribution in [0.4, 0.5) is 15.2 Å². The number of aromatic nitrogens is 1. The van der Waals surface area contributed by atoms with Gasteiger partial charge in [-0.15, -0.1) is 11.3 Å². The lowest BCUT2D eigenvalue weighted by molar-refractivity contribution is -0.130. The molecule has 1 aliphatic rings. The van der Waals surface area contributed by atoms with Gasteiger partial charge >= 0.3 is 0 Å². The van der Waals surface area contributed by atoms with Crippen LogP contribution in [0.3, 0.4) is 0 Å². The Labute approximate surface area is 232 Å². The summed E-state index contributed by atoms with van der Waals surface area (Å²) in [5, 5.41) is 4.92. The van der Waals surface area contributed by atoms with E-state index >= 15 is 0 Å². The van der Waals surface area contributed by atoms with Gasteiger partial charge in [0.2, 0.25) is 11.8 Å². The van der Waals surface area contributed by atoms with Crippen LogP contribution >= 0.6 is 11.3 Å². The number of carbonyl (C=O) groups excluding carboxylic acids is 3. The maximum Gasteiger partial charge on any atom is 0.254 e. The summed E-state index contributed by atoms with van der Waals surface area (Å²) in [6.45, 7) is 8.42. The monoisotopic (exact) mass is 551 g/mol. The van der Waals surface area contributed by atoms with Gasteiger partial charge in [-0.25, -0.2) is 9.37 Å². The molecule has 10 heteroatoms. The molecular formula is C29H34FN5O3S. The highest BCUT2D eigenvalue weighted by molar-refractivity contribution is 7.13. The van der Waals surface area contributed by atoms with E-state index in [9.17, 15) is 18.8 Å². The highest BCUT2D eigenvalue weighted by Gasteiger charge is 2.24. The van der Waals surface area contributed by atoms with Crippen molar-refractivity contribution in [2.45, 2.75) is 27.2 Å². The Morgan fingerprint density at radius 1 is 1.05 bits per heavy atom. The normalized spacial score (nSPS) is 13.5. The van der Waals surface area contributed by atoms with Gasteiger partial charge in [0.15, 0.2) is 5.13 Å². The summed E-state index contributed by atoms with van der Waals surface area (Å²) in [4.78, 5) is 48.4. The van der Waals surface area contributed by atoms with Gasteiger partial charge in [-0.05, 0) is 37.1 Å². The van der Waals surface area contributed by atoms with E-state index < -0.39 is 0 Å². The van der Waals surface area contributed by atoms with E-state index in [1.807, 2.05) is 37.8 Å². The largest absolute Gasteiger partial charge is 0.366 e. The lowest BCUT2D eigenvalue weighted by atomic mass is 10.1. The number of halogens is 1. The Kier molecular flexibility index (Phi) is 9.29. The first-order chi connectivity index (χ1) is 18.7. The van der Waals surface area contributed by atoms with E-state index in [2.05, 4.69) is 10.3 Å². The molecule has 8 nitrogen and oxygen atoms in total. The molecule has 2 aromatic carbocycles. The fourth-order valence-corrected chi connectivity index (χ4v) is 5.21. The number of hydrogen-bond acceptors (Lipinski definition) is 6. The van der Waals surface area contributed by atoms with Crippen LogP contribution in [0.25, 0.3) is 0 Å². The van der Waals surface area contributed by atoms with Crippen LogP contribution in [-0.4, -0.2) is 71.8 Å². The third-order valence-corrected chi connectivity index (χ3v) is 7.27. The van der Waals surface area contributed by atoms with Gasteiger partial charge in [-0.1, -0.05) is 43.7 Å². The summed E-state index contributed by atoms with van der Waals surface area (Å²) in [6, 6.07) is 14.0. The smallest absolute Gasteiger partial charge is 0.254 e. The minimum absolute atomic E-state index is 0.0573. The third-order valence-electron chi connectivity index (χ3n) is 6.46. The van der Waals surface area contributed by atoms with E-state index in [0.29, 0.717) is 54.8 Å². The summed E-state index contributed by atoms with van der Waals surface area (Å²) in [7, 11) is 0. The predicted molar refractivity (Wildman–Crippen MR) is 152 cm³/mol. The fourth-order valence-electron chi connectivity index (χ4n) is 4.49. The first-order valence-electron chi connectivity index (χ1n) is 13.1. The highest BCUT2D eigenvalue weighted by atomic mass is 32.1. The summed E-state index contributed by atoms with van der Waals surface area (Å²) >= 11 is 1.25. The molecule has 206 valence electrons. The lowest BCUT2D eigenvalue weighted by Crippen LogP contribution is -2.49. The van der Waals surface area contributed by atoms with Crippen molar-refractivity contribution < 1.29 is 18.8 Å². The molecule has 0 atom stereocenters. The zero-order valence-electron chi connectivity index (χ0n) is 22.5. The van der Waals surface area contributed by atoms with E-state index in [4.69, 9.17) is 0 Å². The van der Waals surface area contributed by atoms with Crippen molar-refractivity contribution in [3.63, 3.8) is 0 Å². The van der Waals surface area contributed by atoms with Crippen molar-refractivity contribution in [3.05, 3.63) is 76.5 Å². The number of anilines is 2. The van der Waals surface area contributed by atoms with E-state index in [-0.39, 0.29) is 42.4 Å². The quantitative estimate of drug-likeness (QED) is 0.431. The van der Waals surface area contributed by atoms with Crippen LogP contribution < -0.4 is 10.2 Å². The minimum Gasteiger partial charge on any atom is -0.366 e. The van der Waals surface area contributed by atoms with Crippen molar-refractivity contribution in [2.24, 2.45) is 5.92 Å². The van der Waals surface area contributed by atoms with E-state index in [0.717, 1.165) is 5.56 Å². The zero-order valence-corrected chi connectivity index (χ0v) is 23.3. The molecule has 1 aromatic heterocycles. The van der Waals surface area contributed by atoms with Crippen LogP contribution in [0.1, 0.15) is 35.5 Å². The van der Waals surface area contributed by atoms with Gasteiger partial charge in [0.05, 0.1) is 17.8 Å². The number of rotatable bonds is 9. The van der Waals surface area contributed by atoms with Crippen molar-refractivity contribution in [2.75, 3.05) is 49.5 Å². The first-order valence-corrected chi connectivity index (χ1v) is 13.9. The van der Waals surface area contributed by atoms with Gasteiger partial charge in [-0.3, -0.25) is 14.4 Å². The number of thiazole rings is 1. The summed E-state index contributed by atoms with van der Waals surface area (Å²) < 4.78 is 14.1. The van der Waals surface area contributed by atoms with Crippen LogP contribution in [0.5, 0.6) is 0 Å². The molecule has 0 saturated carbocycles. The maximum absolute atomic E-state index is 14.1. The Bertz CT molecular complexity index is 1300. The van der Waals surface area contributed by atoms with Crippen molar-refractivity contribution in [3.8, 4) is 0 Å². The fraction of sp³-hybridized carbons (Fsp3) is 0.379. The Morgan fingerprint density at radius 2 is 1.74 bits per heavy atom. The maximum atomic E-state index is 14.1. The number of amides is 3. The highest BCUT2D eigenvalue weighted by Crippen LogP contribution is 2.21. The molecule has 0 unspecified atom stereocenters. The first kappa shape index (κ1) is 28.2. The molecule has 1 N–H and O–H groups in total. The molecule has 0 spiro atoms. The minimum atomic E-state index is -0.340. The topological polar surface area (TPSA) is 85.8 Å². The SMILES string of the molecule is Cc1ccc(C(=O)N(CC(=O)Nc2nc(CC(=O)N3CCN(c4ccccc4F)CC3)cs2)CC(C)C)cc1. The number of nitrogens with zero attached hydrogens (tertiary/aromatic N) is 4. The Balaban J connectivity index is 1.29. The number of aryl methyl sites for hydroxylation is 1. The molecule has 1 aliphatic heterocycles. The zero-order chi connectivity index (χ0) is 27.9. The molecule has 0 radical (unpaired) electrons. The molecule has 2 heterocycles. The summed E-state index contributed by atoms with van der Waals surface area (Å²) in [5.74, 6) is -0.662. The van der Waals surface area contributed by atoms with Crippen LogP contribution in [-0.2, 0) is 16.0 Å². The average molecular weight is 552 g/mol. The molecule has 4 rings (SSSR count). The standard InChI is InChI=1S/C29H34FN5O3S/c1-20(2)17-35(28(38)22-10-8-21(3)9-11-22)18-26(36)32-29-31-23(19-39-29)16-27(37)34-14-12-33(13-15-34)25-7-5-4-6-24(25)30/h4-11,19-20H,12-18H2,1-3H3,(H,31,32,36). The average Bonchev–Trinajstić information content (AvgIpc) is 3.34. The van der Waals surface area contributed by atoms with Gasteiger partial charge in [-0.2, -0.15) is 0 Å². The lowest BCUT2D eigenvalue weighted by Gasteiger charge is -2.36. The number of benzene rings is 2. The second kappa shape index (κ2) is 12.8.